The number of carbonyl (C=O) groups is 1. The molecule has 0 spiro atoms. The van der Waals surface area contributed by atoms with Crippen LogP contribution in [0.5, 0.6) is 0 Å². The van der Waals surface area contributed by atoms with Gasteiger partial charge in [-0.1, -0.05) is 0 Å². The van der Waals surface area contributed by atoms with Crippen LogP contribution in [0.1, 0.15) is 11.1 Å². The summed E-state index contributed by atoms with van der Waals surface area (Å²) in [6.45, 7) is 0. The normalized spacial score (nSPS) is 12.2. The second kappa shape index (κ2) is 5.22. The van der Waals surface area contributed by atoms with Crippen molar-refractivity contribution in [3.05, 3.63) is 29.3 Å². The summed E-state index contributed by atoms with van der Waals surface area (Å²) >= 11 is 0. The summed E-state index contributed by atoms with van der Waals surface area (Å²) in [5.41, 5.74) is -3.46. The van der Waals surface area contributed by atoms with Crippen LogP contribution in [-0.4, -0.2) is 20.1 Å². The molecule has 2 amide bonds. The Labute approximate surface area is 110 Å². The van der Waals surface area contributed by atoms with E-state index >= 15 is 0 Å². The van der Waals surface area contributed by atoms with E-state index in [1.54, 1.807) is 0 Å². The number of halogens is 6. The van der Waals surface area contributed by atoms with Crippen molar-refractivity contribution in [1.29, 1.82) is 0 Å². The molecular weight excluding hydrogens is 290 g/mol. The fourth-order valence-electron chi connectivity index (χ4n) is 1.42. The third kappa shape index (κ3) is 3.55. The number of alkyl halides is 6. The molecule has 0 saturated heterocycles. The van der Waals surface area contributed by atoms with E-state index in [0.29, 0.717) is 17.0 Å². The average molecular weight is 300 g/mol. The average Bonchev–Trinajstić information content (AvgIpc) is 2.34. The lowest BCUT2D eigenvalue weighted by atomic mass is 10.1. The minimum absolute atomic E-state index is 0.00118. The second-order valence-electron chi connectivity index (χ2n) is 3.88. The maximum atomic E-state index is 12.6. The van der Waals surface area contributed by atoms with Crippen LogP contribution in [0.15, 0.2) is 18.2 Å². The Balaban J connectivity index is 3.42. The van der Waals surface area contributed by atoms with Crippen LogP contribution in [0.3, 0.4) is 0 Å². The van der Waals surface area contributed by atoms with Crippen molar-refractivity contribution in [2.75, 3.05) is 19.0 Å². The Kier molecular flexibility index (Phi) is 4.21. The molecular formula is C11H10F6N2O. The van der Waals surface area contributed by atoms with Gasteiger partial charge in [0.25, 0.3) is 0 Å². The fraction of sp³-hybridized carbons (Fsp3) is 0.364. The first kappa shape index (κ1) is 16.1. The van der Waals surface area contributed by atoms with E-state index < -0.39 is 35.2 Å². The van der Waals surface area contributed by atoms with E-state index in [4.69, 9.17) is 0 Å². The van der Waals surface area contributed by atoms with Gasteiger partial charge in [0.15, 0.2) is 0 Å². The van der Waals surface area contributed by atoms with E-state index in [-0.39, 0.29) is 6.07 Å². The van der Waals surface area contributed by atoms with Gasteiger partial charge in [0, 0.05) is 19.8 Å². The summed E-state index contributed by atoms with van der Waals surface area (Å²) in [4.78, 5) is 11.9. The standard InChI is InChI=1S/C11H10F6N2O/c1-18-9(20)19(2)8-4-6(10(12,13)14)3-7(5-8)11(15,16)17/h3-5H,1-2H3,(H,18,20). The molecule has 0 unspecified atom stereocenters. The number of hydrogen-bond acceptors (Lipinski definition) is 1. The summed E-state index contributed by atoms with van der Waals surface area (Å²) in [6.07, 6.45) is -9.89. The van der Waals surface area contributed by atoms with Crippen molar-refractivity contribution in [1.82, 2.24) is 5.32 Å². The van der Waals surface area contributed by atoms with Crippen molar-refractivity contribution in [3.63, 3.8) is 0 Å². The van der Waals surface area contributed by atoms with Crippen LogP contribution in [0.25, 0.3) is 0 Å². The first-order chi connectivity index (χ1) is 8.96. The van der Waals surface area contributed by atoms with E-state index in [9.17, 15) is 31.1 Å². The third-order valence-corrected chi connectivity index (χ3v) is 2.48. The number of anilines is 1. The SMILES string of the molecule is CNC(=O)N(C)c1cc(C(F)(F)F)cc(C(F)(F)F)c1. The summed E-state index contributed by atoms with van der Waals surface area (Å²) in [6, 6.07) is 0.119. The molecule has 1 rings (SSSR count). The third-order valence-electron chi connectivity index (χ3n) is 2.48. The predicted octanol–water partition coefficient (Wildman–Crippen LogP) is 3.50. The fourth-order valence-corrected chi connectivity index (χ4v) is 1.42. The van der Waals surface area contributed by atoms with Gasteiger partial charge in [-0.25, -0.2) is 4.79 Å². The number of nitrogens with zero attached hydrogens (tertiary/aromatic N) is 1. The van der Waals surface area contributed by atoms with Crippen molar-refractivity contribution in [3.8, 4) is 0 Å². The monoisotopic (exact) mass is 300 g/mol. The Morgan fingerprint density at radius 1 is 1.00 bits per heavy atom. The lowest BCUT2D eigenvalue weighted by Gasteiger charge is -2.20. The predicted molar refractivity (Wildman–Crippen MR) is 59.3 cm³/mol. The Morgan fingerprint density at radius 2 is 1.40 bits per heavy atom. The molecule has 0 atom stereocenters. The first-order valence-corrected chi connectivity index (χ1v) is 5.21. The van der Waals surface area contributed by atoms with Crippen LogP contribution in [0.2, 0.25) is 0 Å². The van der Waals surface area contributed by atoms with E-state index in [1.807, 2.05) is 0 Å². The van der Waals surface area contributed by atoms with Gasteiger partial charge in [0.05, 0.1) is 11.1 Å². The highest BCUT2D eigenvalue weighted by Gasteiger charge is 2.37. The molecule has 1 aromatic rings. The van der Waals surface area contributed by atoms with Gasteiger partial charge in [0.1, 0.15) is 0 Å². The van der Waals surface area contributed by atoms with Crippen LogP contribution >= 0.6 is 0 Å². The van der Waals surface area contributed by atoms with Gasteiger partial charge in [-0.2, -0.15) is 26.3 Å². The van der Waals surface area contributed by atoms with Crippen LogP contribution < -0.4 is 10.2 Å². The molecule has 9 heteroatoms. The highest BCUT2D eigenvalue weighted by molar-refractivity contribution is 5.91. The quantitative estimate of drug-likeness (QED) is 0.791. The molecule has 1 N–H and O–H groups in total. The maximum absolute atomic E-state index is 12.6. The lowest BCUT2D eigenvalue weighted by molar-refractivity contribution is -0.143. The molecule has 0 radical (unpaired) electrons. The van der Waals surface area contributed by atoms with Crippen molar-refractivity contribution in [2.24, 2.45) is 0 Å². The zero-order chi connectivity index (χ0) is 15.7. The summed E-state index contributed by atoms with van der Waals surface area (Å²) in [7, 11) is 2.27. The topological polar surface area (TPSA) is 32.3 Å². The molecule has 1 aromatic carbocycles. The molecule has 0 heterocycles. The molecule has 0 bridgehead atoms. The van der Waals surface area contributed by atoms with Crippen LogP contribution in [0, 0.1) is 0 Å². The van der Waals surface area contributed by atoms with Crippen molar-refractivity contribution < 1.29 is 31.1 Å². The van der Waals surface area contributed by atoms with E-state index in [0.717, 1.165) is 7.05 Å². The first-order valence-electron chi connectivity index (χ1n) is 5.21. The molecule has 0 fully saturated rings. The molecule has 0 saturated carbocycles. The van der Waals surface area contributed by atoms with Gasteiger partial charge in [0.2, 0.25) is 0 Å². The van der Waals surface area contributed by atoms with E-state index in [2.05, 4.69) is 5.32 Å². The Bertz CT molecular complexity index is 476. The van der Waals surface area contributed by atoms with Crippen molar-refractivity contribution in [2.45, 2.75) is 12.4 Å². The van der Waals surface area contributed by atoms with Crippen LogP contribution in [-0.2, 0) is 12.4 Å². The number of rotatable bonds is 1. The highest BCUT2D eigenvalue weighted by Crippen LogP contribution is 2.38. The highest BCUT2D eigenvalue weighted by atomic mass is 19.4. The minimum Gasteiger partial charge on any atom is -0.341 e. The van der Waals surface area contributed by atoms with Gasteiger partial charge < -0.3 is 5.32 Å². The maximum Gasteiger partial charge on any atom is 0.416 e. The smallest absolute Gasteiger partial charge is 0.341 e. The van der Waals surface area contributed by atoms with Gasteiger partial charge in [-0.15, -0.1) is 0 Å². The molecule has 0 aliphatic heterocycles. The molecule has 0 aromatic heterocycles. The lowest BCUT2D eigenvalue weighted by Crippen LogP contribution is -2.35. The second-order valence-corrected chi connectivity index (χ2v) is 3.88. The zero-order valence-corrected chi connectivity index (χ0v) is 10.4. The number of urea groups is 1. The molecule has 3 nitrogen and oxygen atoms in total. The molecule has 0 aliphatic rings. The number of amides is 2. The van der Waals surface area contributed by atoms with E-state index in [1.165, 1.54) is 7.05 Å². The summed E-state index contributed by atoms with van der Waals surface area (Å²) in [5, 5.41) is 2.10. The van der Waals surface area contributed by atoms with Crippen molar-refractivity contribution >= 4 is 11.7 Å². The number of nitrogens with one attached hydrogen (secondary N) is 1. The van der Waals surface area contributed by atoms with Gasteiger partial charge in [-0.05, 0) is 18.2 Å². The molecule has 0 aliphatic carbocycles. The minimum atomic E-state index is -4.94. The zero-order valence-electron chi connectivity index (χ0n) is 10.4. The van der Waals surface area contributed by atoms with Gasteiger partial charge in [-0.3, -0.25) is 4.90 Å². The molecule has 112 valence electrons. The summed E-state index contributed by atoms with van der Waals surface area (Å²) in [5.74, 6) is 0. The number of benzene rings is 1. The summed E-state index contributed by atoms with van der Waals surface area (Å²) < 4.78 is 75.6. The van der Waals surface area contributed by atoms with Gasteiger partial charge >= 0.3 is 18.4 Å². The largest absolute Gasteiger partial charge is 0.416 e. The number of carbonyl (C=O) groups excluding carboxylic acids is 1. The molecule has 20 heavy (non-hydrogen) atoms. The number of hydrogen-bond donors (Lipinski definition) is 1. The Morgan fingerprint density at radius 3 is 1.70 bits per heavy atom. The van der Waals surface area contributed by atoms with Crippen LogP contribution in [0.4, 0.5) is 36.8 Å². The Hall–Kier alpha value is -1.93.